The number of aromatic nitrogens is 2. The predicted octanol–water partition coefficient (Wildman–Crippen LogP) is 2.63. The van der Waals surface area contributed by atoms with Gasteiger partial charge >= 0.3 is 6.03 Å². The number of amides is 4. The lowest BCUT2D eigenvalue weighted by molar-refractivity contribution is -0.124. The Kier molecular flexibility index (Phi) is 5.63. The molecule has 4 aromatic rings. The van der Waals surface area contributed by atoms with Gasteiger partial charge in [0.05, 0.1) is 19.2 Å². The number of pyridine rings is 1. The second kappa shape index (κ2) is 9.05. The van der Waals surface area contributed by atoms with Gasteiger partial charge in [-0.2, -0.15) is 0 Å². The van der Waals surface area contributed by atoms with Crippen LogP contribution in [0.25, 0.3) is 21.9 Å². The van der Waals surface area contributed by atoms with Crippen molar-refractivity contribution in [3.8, 4) is 22.8 Å². The van der Waals surface area contributed by atoms with Crippen molar-refractivity contribution in [2.24, 2.45) is 0 Å². The summed E-state index contributed by atoms with van der Waals surface area (Å²) < 4.78 is 6.78. The van der Waals surface area contributed by atoms with Crippen molar-refractivity contribution in [3.05, 3.63) is 72.1 Å². The number of benzene rings is 2. The Bertz CT molecular complexity index is 1640. The topological polar surface area (TPSA) is 161 Å². The molecule has 11 nitrogen and oxygen atoms in total. The van der Waals surface area contributed by atoms with Crippen LogP contribution in [0.1, 0.15) is 28.8 Å². The highest BCUT2D eigenvalue weighted by atomic mass is 16.5. The molecule has 1 aliphatic carbocycles. The Hall–Kier alpha value is -5.06. The van der Waals surface area contributed by atoms with E-state index in [1.54, 1.807) is 60.9 Å². The van der Waals surface area contributed by atoms with Crippen LogP contribution in [-0.2, 0) is 16.9 Å². The maximum atomic E-state index is 13.2. The van der Waals surface area contributed by atoms with Crippen LogP contribution in [-0.4, -0.2) is 45.7 Å². The number of hydrogen-bond donors (Lipinski definition) is 5. The largest absolute Gasteiger partial charge is 0.497 e. The fraction of sp³-hybridized carbons (Fsp3) is 0.214. The van der Waals surface area contributed by atoms with Crippen molar-refractivity contribution in [2.45, 2.75) is 31.0 Å². The van der Waals surface area contributed by atoms with E-state index in [2.05, 4.69) is 20.9 Å². The minimum Gasteiger partial charge on any atom is -0.497 e. The fourth-order valence-electron chi connectivity index (χ4n) is 4.88. The van der Waals surface area contributed by atoms with E-state index in [1.807, 2.05) is 0 Å². The minimum absolute atomic E-state index is 0.0539. The fourth-order valence-corrected chi connectivity index (χ4v) is 4.88. The number of nitrogens with two attached hydrogens (primary N) is 1. The number of rotatable bonds is 7. The first-order valence-corrected chi connectivity index (χ1v) is 12.4. The van der Waals surface area contributed by atoms with E-state index in [-0.39, 0.29) is 30.2 Å². The molecule has 1 aliphatic heterocycles. The van der Waals surface area contributed by atoms with E-state index in [0.717, 1.165) is 23.8 Å². The quantitative estimate of drug-likeness (QED) is 0.231. The average Bonchev–Trinajstić information content (AvgIpc) is 3.63. The number of imide groups is 1. The molecule has 11 heteroatoms. The van der Waals surface area contributed by atoms with Crippen molar-refractivity contribution in [2.75, 3.05) is 12.8 Å². The highest BCUT2D eigenvalue weighted by Crippen LogP contribution is 2.35. The molecule has 1 atom stereocenters. The number of anilines is 1. The summed E-state index contributed by atoms with van der Waals surface area (Å²) in [6.45, 7) is -0.0539. The highest BCUT2D eigenvalue weighted by molar-refractivity contribution is 6.07. The van der Waals surface area contributed by atoms with Gasteiger partial charge in [-0.15, -0.1) is 0 Å². The minimum atomic E-state index is -1.47. The first-order valence-electron chi connectivity index (χ1n) is 12.4. The zero-order valence-electron chi connectivity index (χ0n) is 21.0. The molecule has 2 aromatic carbocycles. The second-order valence-corrected chi connectivity index (χ2v) is 9.83. The average molecular weight is 527 g/mol. The van der Waals surface area contributed by atoms with Crippen LogP contribution < -0.4 is 26.4 Å². The second-order valence-electron chi connectivity index (χ2n) is 9.83. The Morgan fingerprint density at radius 1 is 1.18 bits per heavy atom. The van der Waals surface area contributed by atoms with Crippen LogP contribution in [0.15, 0.2) is 60.9 Å². The molecule has 0 unspecified atom stereocenters. The van der Waals surface area contributed by atoms with Crippen molar-refractivity contribution >= 4 is 34.4 Å². The lowest BCUT2D eigenvalue weighted by atomic mass is 9.88. The summed E-state index contributed by atoms with van der Waals surface area (Å²) in [6.07, 6.45) is 5.20. The molecular formula is C28H26N6O5. The van der Waals surface area contributed by atoms with Crippen LogP contribution in [0.2, 0.25) is 0 Å². The van der Waals surface area contributed by atoms with Gasteiger partial charge < -0.3 is 30.8 Å². The molecule has 2 aliphatic rings. The summed E-state index contributed by atoms with van der Waals surface area (Å²) >= 11 is 0. The molecule has 6 N–H and O–H groups in total. The third kappa shape index (κ3) is 4.27. The number of nitrogens with zero attached hydrogens (tertiary/aromatic N) is 2. The molecule has 39 heavy (non-hydrogen) atoms. The van der Waals surface area contributed by atoms with Crippen LogP contribution >= 0.6 is 0 Å². The molecule has 6 rings (SSSR count). The number of nitrogen functional groups attached to an aromatic ring is 1. The van der Waals surface area contributed by atoms with Crippen molar-refractivity contribution in [1.82, 2.24) is 25.5 Å². The Morgan fingerprint density at radius 2 is 1.95 bits per heavy atom. The van der Waals surface area contributed by atoms with Crippen molar-refractivity contribution < 1.29 is 24.2 Å². The van der Waals surface area contributed by atoms with Gasteiger partial charge in [-0.25, -0.2) is 9.78 Å². The number of carbonyl (C=O) groups is 3. The number of urea groups is 1. The first kappa shape index (κ1) is 24.3. The molecule has 4 amide bonds. The zero-order chi connectivity index (χ0) is 27.3. The van der Waals surface area contributed by atoms with E-state index in [1.165, 1.54) is 11.7 Å². The molecule has 1 saturated heterocycles. The summed E-state index contributed by atoms with van der Waals surface area (Å²) in [5, 5.41) is 20.2. The number of nitrogens with one attached hydrogen (secondary N) is 3. The van der Waals surface area contributed by atoms with Gasteiger partial charge in [0.2, 0.25) is 0 Å². The Morgan fingerprint density at radius 3 is 2.62 bits per heavy atom. The van der Waals surface area contributed by atoms with Gasteiger partial charge in [0, 0.05) is 34.8 Å². The van der Waals surface area contributed by atoms with Crippen LogP contribution in [0.5, 0.6) is 11.6 Å². The van der Waals surface area contributed by atoms with Gasteiger partial charge in [-0.05, 0) is 48.2 Å². The zero-order valence-corrected chi connectivity index (χ0v) is 21.0. The normalized spacial score (nSPS) is 18.6. The summed E-state index contributed by atoms with van der Waals surface area (Å²) in [5.74, 6) is -0.129. The van der Waals surface area contributed by atoms with E-state index in [4.69, 9.17) is 10.5 Å². The third-order valence-electron chi connectivity index (χ3n) is 7.20. The highest BCUT2D eigenvalue weighted by Gasteiger charge is 2.48. The summed E-state index contributed by atoms with van der Waals surface area (Å²) in [4.78, 5) is 42.2. The molecule has 0 bridgehead atoms. The number of hydrogen-bond acceptors (Lipinski definition) is 7. The maximum Gasteiger partial charge on any atom is 0.322 e. The molecule has 3 heterocycles. The maximum absolute atomic E-state index is 13.2. The number of aromatic hydroxyl groups is 1. The van der Waals surface area contributed by atoms with E-state index >= 15 is 0 Å². The van der Waals surface area contributed by atoms with E-state index in [9.17, 15) is 19.5 Å². The van der Waals surface area contributed by atoms with Crippen LogP contribution in [0.3, 0.4) is 0 Å². The molecule has 2 aromatic heterocycles. The SMILES string of the molecule is COc1ccc2cn(C[C@@]3(c4ccc(-c5cnc(N)c(C(=O)NC6CC6)c5)cc4)NC(=O)NC3=O)c(O)c2c1. The van der Waals surface area contributed by atoms with Crippen LogP contribution in [0.4, 0.5) is 10.6 Å². The molecule has 0 radical (unpaired) electrons. The molecular weight excluding hydrogens is 500 g/mol. The number of ether oxygens (including phenoxy) is 1. The summed E-state index contributed by atoms with van der Waals surface area (Å²) in [5.41, 5.74) is 6.72. The Balaban J connectivity index is 1.34. The number of carbonyl (C=O) groups excluding carboxylic acids is 3. The number of fused-ring (bicyclic) bond motifs is 1. The van der Waals surface area contributed by atoms with E-state index < -0.39 is 17.5 Å². The van der Waals surface area contributed by atoms with Gasteiger partial charge in [-0.1, -0.05) is 24.3 Å². The monoisotopic (exact) mass is 526 g/mol. The molecule has 1 saturated carbocycles. The lowest BCUT2D eigenvalue weighted by Crippen LogP contribution is -2.47. The predicted molar refractivity (Wildman–Crippen MR) is 143 cm³/mol. The van der Waals surface area contributed by atoms with E-state index in [0.29, 0.717) is 27.8 Å². The first-order chi connectivity index (χ1) is 18.8. The molecule has 198 valence electrons. The van der Waals surface area contributed by atoms with Crippen LogP contribution in [0, 0.1) is 0 Å². The van der Waals surface area contributed by atoms with Gasteiger partial charge in [0.25, 0.3) is 11.8 Å². The lowest BCUT2D eigenvalue weighted by Gasteiger charge is -2.27. The molecule has 0 spiro atoms. The van der Waals surface area contributed by atoms with Gasteiger partial charge in [-0.3, -0.25) is 14.9 Å². The van der Waals surface area contributed by atoms with Crippen molar-refractivity contribution in [1.29, 1.82) is 0 Å². The smallest absolute Gasteiger partial charge is 0.322 e. The Labute approximate surface area is 223 Å². The third-order valence-corrected chi connectivity index (χ3v) is 7.20. The molecule has 2 fully saturated rings. The summed E-state index contributed by atoms with van der Waals surface area (Å²) in [6, 6.07) is 13.5. The van der Waals surface area contributed by atoms with Crippen molar-refractivity contribution in [3.63, 3.8) is 0 Å². The summed E-state index contributed by atoms with van der Waals surface area (Å²) in [7, 11) is 1.54. The van der Waals surface area contributed by atoms with Gasteiger partial charge in [0.1, 0.15) is 11.6 Å². The standard InChI is InChI=1S/C28H26N6O5/c1-39-20-9-4-16-13-34(25(36)21(16)11-20)14-28(26(37)32-27(38)33-28)18-5-2-15(3-6-18)17-10-22(23(29)30-12-17)24(35)31-19-7-8-19/h2-6,9-13,19,36H,7-8,14H2,1H3,(H2,29,30)(H,31,35)(H2,32,33,37,38)/t28-/m0/s1. The number of methoxy groups -OCH3 is 1. The van der Waals surface area contributed by atoms with Gasteiger partial charge in [0.15, 0.2) is 11.4 Å².